The Morgan fingerprint density at radius 1 is 1.03 bits per heavy atom. The van der Waals surface area contributed by atoms with Gasteiger partial charge in [0.1, 0.15) is 18.1 Å². The molecular formula is C24H38FNO3. The van der Waals surface area contributed by atoms with Gasteiger partial charge in [-0.3, -0.25) is 0 Å². The number of aromatic hydroxyl groups is 1. The van der Waals surface area contributed by atoms with Crippen molar-refractivity contribution in [1.82, 2.24) is 5.32 Å². The highest BCUT2D eigenvalue weighted by Crippen LogP contribution is 2.22. The summed E-state index contributed by atoms with van der Waals surface area (Å²) in [5.74, 6) is 1.08. The lowest BCUT2D eigenvalue weighted by molar-refractivity contribution is -0.0884. The van der Waals surface area contributed by atoms with E-state index in [9.17, 15) is 9.50 Å². The van der Waals surface area contributed by atoms with E-state index in [4.69, 9.17) is 9.47 Å². The zero-order valence-corrected chi connectivity index (χ0v) is 18.7. The fourth-order valence-electron chi connectivity index (χ4n) is 2.54. The van der Waals surface area contributed by atoms with Gasteiger partial charge in [0.15, 0.2) is 6.36 Å². The maximum absolute atomic E-state index is 13.0. The molecule has 0 amide bonds. The first-order chi connectivity index (χ1) is 14.0. The van der Waals surface area contributed by atoms with Crippen LogP contribution in [0.5, 0.6) is 11.5 Å². The molecule has 0 bridgehead atoms. The van der Waals surface area contributed by atoms with Gasteiger partial charge in [0.25, 0.3) is 0 Å². The van der Waals surface area contributed by atoms with Crippen LogP contribution in [-0.4, -0.2) is 38.3 Å². The minimum atomic E-state index is -1.29. The Bertz CT molecular complexity index is 650. The predicted octanol–water partition coefficient (Wildman–Crippen LogP) is 5.53. The Labute approximate surface area is 176 Å². The third kappa shape index (κ3) is 12.1. The highest BCUT2D eigenvalue weighted by molar-refractivity contribution is 5.35. The Morgan fingerprint density at radius 3 is 2.28 bits per heavy atom. The molecular weight excluding hydrogens is 369 g/mol. The monoisotopic (exact) mass is 407 g/mol. The fraction of sp³-hybridized carbons (Fsp3) is 0.500. The summed E-state index contributed by atoms with van der Waals surface area (Å²) in [5, 5.41) is 12.3. The average Bonchev–Trinajstić information content (AvgIpc) is 2.72. The summed E-state index contributed by atoms with van der Waals surface area (Å²) in [6.45, 7) is 7.66. The van der Waals surface area contributed by atoms with Gasteiger partial charge in [-0.2, -0.15) is 0 Å². The molecule has 0 saturated carbocycles. The summed E-state index contributed by atoms with van der Waals surface area (Å²) in [7, 11) is 3.75. The van der Waals surface area contributed by atoms with E-state index in [-0.39, 0.29) is 11.9 Å². The second kappa shape index (κ2) is 16.8. The zero-order valence-electron chi connectivity index (χ0n) is 18.7. The quantitative estimate of drug-likeness (QED) is 0.574. The summed E-state index contributed by atoms with van der Waals surface area (Å²) < 4.78 is 24.0. The smallest absolute Gasteiger partial charge is 0.196 e. The SMILES string of the molecule is CC.CCC(COc1ccccc1CCc1cccc(O)c1)OC(C)F.CNC. The lowest BCUT2D eigenvalue weighted by atomic mass is 10.0. The van der Waals surface area contributed by atoms with Gasteiger partial charge in [-0.15, -0.1) is 0 Å². The van der Waals surface area contributed by atoms with E-state index in [1.54, 1.807) is 12.1 Å². The number of aryl methyl sites for hydroxylation is 2. The molecule has 2 aromatic carbocycles. The number of nitrogens with one attached hydrogen (secondary N) is 1. The van der Waals surface area contributed by atoms with E-state index in [0.717, 1.165) is 29.7 Å². The van der Waals surface area contributed by atoms with Gasteiger partial charge in [-0.1, -0.05) is 51.1 Å². The standard InChI is InChI=1S/C20H25FO3.C2H7N.C2H6/c1-3-19(24-15(2)21)14-23-20-10-5-4-8-17(20)12-11-16-7-6-9-18(22)13-16;1-3-2;1-2/h4-10,13,15,19,22H,3,11-12,14H2,1-2H3;3H,1-2H3;1-2H3. The van der Waals surface area contributed by atoms with Crippen molar-refractivity contribution < 1.29 is 19.0 Å². The first-order valence-electron chi connectivity index (χ1n) is 10.4. The molecule has 0 spiro atoms. The van der Waals surface area contributed by atoms with Gasteiger partial charge >= 0.3 is 0 Å². The van der Waals surface area contributed by atoms with Crippen LogP contribution in [0.1, 0.15) is 45.2 Å². The lowest BCUT2D eigenvalue weighted by Gasteiger charge is -2.19. The summed E-state index contributed by atoms with van der Waals surface area (Å²) in [5.41, 5.74) is 2.16. The van der Waals surface area contributed by atoms with E-state index in [1.807, 2.05) is 71.3 Å². The Morgan fingerprint density at radius 2 is 1.69 bits per heavy atom. The van der Waals surface area contributed by atoms with Crippen LogP contribution in [0, 0.1) is 0 Å². The molecule has 4 nitrogen and oxygen atoms in total. The number of para-hydroxylation sites is 1. The number of hydrogen-bond donors (Lipinski definition) is 2. The summed E-state index contributed by atoms with van der Waals surface area (Å²) >= 11 is 0. The number of alkyl halides is 1. The van der Waals surface area contributed by atoms with Crippen molar-refractivity contribution in [3.05, 3.63) is 59.7 Å². The van der Waals surface area contributed by atoms with Gasteiger partial charge < -0.3 is 19.9 Å². The van der Waals surface area contributed by atoms with Gasteiger partial charge in [-0.05, 0) is 69.6 Å². The Kier molecular flexibility index (Phi) is 15.6. The van der Waals surface area contributed by atoms with Crippen molar-refractivity contribution in [2.24, 2.45) is 0 Å². The zero-order chi connectivity index (χ0) is 22.1. The summed E-state index contributed by atoms with van der Waals surface area (Å²) in [6, 6.07) is 15.1. The average molecular weight is 408 g/mol. The van der Waals surface area contributed by atoms with Crippen molar-refractivity contribution >= 4 is 0 Å². The third-order valence-electron chi connectivity index (χ3n) is 3.83. The minimum absolute atomic E-state index is 0.260. The van der Waals surface area contributed by atoms with Gasteiger partial charge in [0.05, 0.1) is 6.10 Å². The maximum atomic E-state index is 13.0. The molecule has 0 aliphatic heterocycles. The van der Waals surface area contributed by atoms with E-state index in [2.05, 4.69) is 5.32 Å². The van der Waals surface area contributed by atoms with E-state index >= 15 is 0 Å². The van der Waals surface area contributed by atoms with Crippen molar-refractivity contribution in [3.8, 4) is 11.5 Å². The number of phenolic OH excluding ortho intramolecular Hbond substituents is 1. The first-order valence-corrected chi connectivity index (χ1v) is 10.4. The molecule has 0 aromatic heterocycles. The maximum Gasteiger partial charge on any atom is 0.196 e. The minimum Gasteiger partial charge on any atom is -0.508 e. The van der Waals surface area contributed by atoms with Crippen molar-refractivity contribution in [1.29, 1.82) is 0 Å². The van der Waals surface area contributed by atoms with Crippen LogP contribution >= 0.6 is 0 Å². The van der Waals surface area contributed by atoms with Crippen LogP contribution in [0.25, 0.3) is 0 Å². The summed E-state index contributed by atoms with van der Waals surface area (Å²) in [4.78, 5) is 0. The van der Waals surface area contributed by atoms with Crippen LogP contribution in [0.2, 0.25) is 0 Å². The Hall–Kier alpha value is -2.11. The molecule has 0 fully saturated rings. The molecule has 2 atom stereocenters. The number of hydrogen-bond acceptors (Lipinski definition) is 4. The highest BCUT2D eigenvalue weighted by atomic mass is 19.1. The molecule has 164 valence electrons. The molecule has 2 N–H and O–H groups in total. The normalized spacial score (nSPS) is 12.0. The predicted molar refractivity (Wildman–Crippen MR) is 120 cm³/mol. The molecule has 0 aliphatic carbocycles. The Balaban J connectivity index is 0.00000143. The van der Waals surface area contributed by atoms with Gasteiger partial charge in [-0.25, -0.2) is 4.39 Å². The van der Waals surface area contributed by atoms with Gasteiger partial charge in [0.2, 0.25) is 0 Å². The van der Waals surface area contributed by atoms with Crippen molar-refractivity contribution in [2.75, 3.05) is 20.7 Å². The molecule has 2 aromatic rings. The molecule has 29 heavy (non-hydrogen) atoms. The molecule has 0 radical (unpaired) electrons. The van der Waals surface area contributed by atoms with E-state index in [0.29, 0.717) is 13.0 Å². The van der Waals surface area contributed by atoms with Crippen LogP contribution in [-0.2, 0) is 17.6 Å². The van der Waals surface area contributed by atoms with Crippen LogP contribution in [0.4, 0.5) is 4.39 Å². The number of halogens is 1. The third-order valence-corrected chi connectivity index (χ3v) is 3.83. The second-order valence-corrected chi connectivity index (χ2v) is 6.30. The van der Waals surface area contributed by atoms with Gasteiger partial charge in [0, 0.05) is 0 Å². The highest BCUT2D eigenvalue weighted by Gasteiger charge is 2.13. The van der Waals surface area contributed by atoms with Crippen LogP contribution < -0.4 is 10.1 Å². The van der Waals surface area contributed by atoms with E-state index < -0.39 is 6.36 Å². The number of phenols is 1. The summed E-state index contributed by atoms with van der Waals surface area (Å²) in [6.07, 6.45) is 0.754. The number of rotatable bonds is 9. The van der Waals surface area contributed by atoms with Crippen molar-refractivity contribution in [3.63, 3.8) is 0 Å². The van der Waals surface area contributed by atoms with E-state index in [1.165, 1.54) is 6.92 Å². The molecule has 0 aliphatic rings. The first kappa shape index (κ1) is 26.9. The largest absolute Gasteiger partial charge is 0.508 e. The van der Waals surface area contributed by atoms with Crippen LogP contribution in [0.3, 0.4) is 0 Å². The topological polar surface area (TPSA) is 50.7 Å². The number of ether oxygens (including phenoxy) is 2. The molecule has 5 heteroatoms. The molecule has 2 rings (SSSR count). The molecule has 0 heterocycles. The second-order valence-electron chi connectivity index (χ2n) is 6.30. The number of benzene rings is 2. The molecule has 2 unspecified atom stereocenters. The fourth-order valence-corrected chi connectivity index (χ4v) is 2.54. The van der Waals surface area contributed by atoms with Crippen molar-refractivity contribution in [2.45, 2.75) is 59.4 Å². The van der Waals surface area contributed by atoms with Crippen LogP contribution in [0.15, 0.2) is 48.5 Å². The lowest BCUT2D eigenvalue weighted by Crippen LogP contribution is -2.24. The molecule has 0 saturated heterocycles.